The van der Waals surface area contributed by atoms with Gasteiger partial charge in [0.15, 0.2) is 0 Å². The number of benzene rings is 4. The summed E-state index contributed by atoms with van der Waals surface area (Å²) in [7, 11) is 0. The van der Waals surface area contributed by atoms with E-state index in [0.717, 1.165) is 0 Å². The van der Waals surface area contributed by atoms with Gasteiger partial charge in [0, 0.05) is 0 Å². The molecule has 3 heteroatoms. The Morgan fingerprint density at radius 3 is 0.778 bits per heavy atom. The monoisotopic (exact) mass is 482 g/mol. The van der Waals surface area contributed by atoms with Gasteiger partial charge in [0.25, 0.3) is 0 Å². The summed E-state index contributed by atoms with van der Waals surface area (Å²) < 4.78 is 11.1. The van der Waals surface area contributed by atoms with Crippen molar-refractivity contribution in [2.45, 2.75) is 0 Å². The van der Waals surface area contributed by atoms with Crippen LogP contribution in [0, 0.1) is 0 Å². The van der Waals surface area contributed by atoms with Gasteiger partial charge in [-0.05, 0) is 0 Å². The van der Waals surface area contributed by atoms with Gasteiger partial charge in [-0.25, -0.2) is 0 Å². The molecule has 0 radical (unpaired) electrons. The van der Waals surface area contributed by atoms with Crippen molar-refractivity contribution in [2.75, 3.05) is 0 Å². The summed E-state index contributed by atoms with van der Waals surface area (Å²) in [6.45, 7) is 0. The molecule has 4 aromatic rings. The third-order valence-corrected chi connectivity index (χ3v) is 13.9. The SMILES string of the molecule is c1ccc([Se](=[N+]=[Se](c2ccccc2)c2ccccc2)c2ccccc2)cc1. The summed E-state index contributed by atoms with van der Waals surface area (Å²) in [4.78, 5) is 0. The van der Waals surface area contributed by atoms with Gasteiger partial charge in [-0.1, -0.05) is 0 Å². The van der Waals surface area contributed by atoms with Crippen molar-refractivity contribution < 1.29 is 0 Å². The molecule has 0 aliphatic rings. The van der Waals surface area contributed by atoms with Crippen molar-refractivity contribution in [1.82, 2.24) is 2.61 Å². The molecule has 132 valence electrons. The normalized spacial score (nSPS) is 10.7. The topological polar surface area (TPSA) is 14.1 Å². The van der Waals surface area contributed by atoms with E-state index in [9.17, 15) is 0 Å². The molecule has 0 heterocycles. The molecule has 0 amide bonds. The molecule has 0 saturated heterocycles. The fraction of sp³-hybridized carbons (Fsp3) is 0. The molecular formula is C24H20NSe2+. The van der Waals surface area contributed by atoms with E-state index < -0.39 is 27.4 Å². The molecule has 0 bridgehead atoms. The summed E-state index contributed by atoms with van der Waals surface area (Å²) in [6.07, 6.45) is 0. The van der Waals surface area contributed by atoms with E-state index in [1.807, 2.05) is 0 Å². The van der Waals surface area contributed by atoms with E-state index in [4.69, 9.17) is 2.61 Å². The van der Waals surface area contributed by atoms with Crippen LogP contribution >= 0.6 is 0 Å². The first-order chi connectivity index (χ1) is 13.4. The second kappa shape index (κ2) is 9.02. The molecule has 1 nitrogen and oxygen atoms in total. The van der Waals surface area contributed by atoms with Gasteiger partial charge < -0.3 is 0 Å². The fourth-order valence-corrected chi connectivity index (χ4v) is 13.8. The van der Waals surface area contributed by atoms with Crippen LogP contribution in [0.5, 0.6) is 0 Å². The van der Waals surface area contributed by atoms with E-state index in [0.29, 0.717) is 0 Å². The van der Waals surface area contributed by atoms with Crippen molar-refractivity contribution in [2.24, 2.45) is 0 Å². The van der Waals surface area contributed by atoms with E-state index >= 15 is 0 Å². The minimum atomic E-state index is -1.50. The standard InChI is InChI=1S/C24H20NSe2/c1-5-13-21(14-6-1)26(22-15-7-2-8-16-22)25-27(23-17-9-3-10-18-23)24-19-11-4-12-20-24/h1-20H/q+1. The van der Waals surface area contributed by atoms with Crippen LogP contribution in [-0.2, 0) is 0 Å². The Kier molecular flexibility index (Phi) is 6.02. The zero-order valence-electron chi connectivity index (χ0n) is 14.8. The first-order valence-corrected chi connectivity index (χ1v) is 13.8. The maximum atomic E-state index is 5.61. The molecule has 0 unspecified atom stereocenters. The van der Waals surface area contributed by atoms with E-state index in [1.54, 1.807) is 0 Å². The fourth-order valence-electron chi connectivity index (χ4n) is 2.72. The van der Waals surface area contributed by atoms with Crippen LogP contribution in [0.2, 0.25) is 0 Å². The summed E-state index contributed by atoms with van der Waals surface area (Å²) in [5.74, 6) is 0. The van der Waals surface area contributed by atoms with Crippen LogP contribution in [-0.4, -0.2) is 27.4 Å². The van der Waals surface area contributed by atoms with Gasteiger partial charge in [0.2, 0.25) is 0 Å². The van der Waals surface area contributed by atoms with Gasteiger partial charge in [-0.3, -0.25) is 0 Å². The van der Waals surface area contributed by atoms with Crippen LogP contribution in [0.1, 0.15) is 0 Å². The van der Waals surface area contributed by atoms with Gasteiger partial charge in [-0.15, -0.1) is 0 Å². The Balaban J connectivity index is 2.05. The number of hydrogen-bond acceptors (Lipinski definition) is 0. The molecule has 0 spiro atoms. The Bertz CT molecular complexity index is 900. The van der Waals surface area contributed by atoms with Crippen molar-refractivity contribution >= 4 is 45.3 Å². The molecule has 4 aromatic carbocycles. The van der Waals surface area contributed by atoms with Crippen LogP contribution in [0.4, 0.5) is 0 Å². The molecule has 4 rings (SSSR count). The molecule has 0 N–H and O–H groups in total. The molecular weight excluding hydrogens is 460 g/mol. The molecule has 0 fully saturated rings. The van der Waals surface area contributed by atoms with Crippen molar-refractivity contribution in [3.63, 3.8) is 0 Å². The zero-order chi connectivity index (χ0) is 18.3. The number of nitrogens with zero attached hydrogens (tertiary/aromatic N) is 1. The third-order valence-electron chi connectivity index (χ3n) is 4.01. The Morgan fingerprint density at radius 2 is 0.556 bits per heavy atom. The Labute approximate surface area is 168 Å². The Hall–Kier alpha value is -2.37. The quantitative estimate of drug-likeness (QED) is 0.314. The average molecular weight is 480 g/mol. The van der Waals surface area contributed by atoms with Gasteiger partial charge >= 0.3 is 169 Å². The van der Waals surface area contributed by atoms with Gasteiger partial charge in [0.05, 0.1) is 0 Å². The van der Waals surface area contributed by atoms with E-state index in [-0.39, 0.29) is 0 Å². The van der Waals surface area contributed by atoms with Crippen LogP contribution in [0.15, 0.2) is 121 Å². The van der Waals surface area contributed by atoms with Gasteiger partial charge in [-0.2, -0.15) is 0 Å². The predicted molar refractivity (Wildman–Crippen MR) is 118 cm³/mol. The molecule has 0 aliphatic heterocycles. The number of rotatable bonds is 4. The van der Waals surface area contributed by atoms with Crippen molar-refractivity contribution in [1.29, 1.82) is 0 Å². The van der Waals surface area contributed by atoms with Crippen LogP contribution in [0.25, 0.3) is 0 Å². The Morgan fingerprint density at radius 1 is 0.333 bits per heavy atom. The molecule has 0 aromatic heterocycles. The minimum absolute atomic E-state index is 1.37. The summed E-state index contributed by atoms with van der Waals surface area (Å²) >= 11 is -2.99. The molecule has 0 atom stereocenters. The number of hydrogen-bond donors (Lipinski definition) is 0. The first-order valence-electron chi connectivity index (χ1n) is 8.82. The average Bonchev–Trinajstić information content (AvgIpc) is 2.77. The van der Waals surface area contributed by atoms with E-state index in [2.05, 4.69) is 121 Å². The van der Waals surface area contributed by atoms with E-state index in [1.165, 1.54) is 17.8 Å². The molecule has 0 saturated carbocycles. The summed E-state index contributed by atoms with van der Waals surface area (Å²) in [6, 6.07) is 43.3. The predicted octanol–water partition coefficient (Wildman–Crippen LogP) is 2.20. The van der Waals surface area contributed by atoms with Crippen LogP contribution in [0.3, 0.4) is 0 Å². The summed E-state index contributed by atoms with van der Waals surface area (Å²) in [5, 5.41) is 0. The zero-order valence-corrected chi connectivity index (χ0v) is 18.2. The molecule has 0 aliphatic carbocycles. The second-order valence-corrected chi connectivity index (χ2v) is 14.2. The molecule has 27 heavy (non-hydrogen) atoms. The third kappa shape index (κ3) is 4.49. The van der Waals surface area contributed by atoms with Gasteiger partial charge in [0.1, 0.15) is 0 Å². The maximum absolute atomic E-state index is 5.61. The van der Waals surface area contributed by atoms with Crippen LogP contribution < -0.4 is 20.5 Å². The first kappa shape index (κ1) is 18.0. The summed E-state index contributed by atoms with van der Waals surface area (Å²) in [5.41, 5.74) is 0. The van der Waals surface area contributed by atoms with Crippen molar-refractivity contribution in [3.8, 4) is 0 Å². The second-order valence-electron chi connectivity index (χ2n) is 5.90. The van der Waals surface area contributed by atoms with Crippen molar-refractivity contribution in [3.05, 3.63) is 121 Å².